The molecule has 2 fully saturated rings. The van der Waals surface area contributed by atoms with Crippen LogP contribution in [0.25, 0.3) is 0 Å². The minimum Gasteiger partial charge on any atom is -0.396 e. The van der Waals surface area contributed by atoms with Crippen molar-refractivity contribution in [3.63, 3.8) is 0 Å². The summed E-state index contributed by atoms with van der Waals surface area (Å²) in [7, 11) is 0. The Balaban J connectivity index is 1.60. The molecule has 5 nitrogen and oxygen atoms in total. The highest BCUT2D eigenvalue weighted by Gasteiger charge is 2.43. The summed E-state index contributed by atoms with van der Waals surface area (Å²) in [5.41, 5.74) is -0.100. The van der Waals surface area contributed by atoms with Gasteiger partial charge in [0.15, 0.2) is 0 Å². The second-order valence-corrected chi connectivity index (χ2v) is 7.06. The summed E-state index contributed by atoms with van der Waals surface area (Å²) >= 11 is 1.60. The van der Waals surface area contributed by atoms with E-state index in [1.165, 1.54) is 0 Å². The van der Waals surface area contributed by atoms with Crippen molar-refractivity contribution >= 4 is 23.2 Å². The normalized spacial score (nSPS) is 23.4. The third-order valence-corrected chi connectivity index (χ3v) is 5.33. The zero-order valence-corrected chi connectivity index (χ0v) is 12.7. The lowest BCUT2D eigenvalue weighted by Gasteiger charge is -2.24. The number of aliphatic hydroxyl groups excluding tert-OH is 1. The number of hydrogen-bond acceptors (Lipinski definition) is 4. The van der Waals surface area contributed by atoms with Crippen LogP contribution in [0.3, 0.4) is 0 Å². The van der Waals surface area contributed by atoms with Gasteiger partial charge in [0, 0.05) is 23.3 Å². The first kappa shape index (κ1) is 14.5. The Morgan fingerprint density at radius 3 is 2.95 bits per heavy atom. The highest BCUT2D eigenvalue weighted by atomic mass is 32.1. The molecular formula is C15H20N2O3S. The number of nitrogens with one attached hydrogen (secondary N) is 1. The molecule has 1 aliphatic heterocycles. The maximum Gasteiger partial charge on any atom is 0.242 e. The molecule has 2 N–H and O–H groups in total. The average molecular weight is 308 g/mol. The predicted octanol–water partition coefficient (Wildman–Crippen LogP) is 1.13. The second kappa shape index (κ2) is 5.77. The molecule has 0 aromatic carbocycles. The van der Waals surface area contributed by atoms with Crippen molar-refractivity contribution in [1.82, 2.24) is 10.2 Å². The first-order valence-corrected chi connectivity index (χ1v) is 8.22. The highest BCUT2D eigenvalue weighted by Crippen LogP contribution is 2.44. The van der Waals surface area contributed by atoms with E-state index >= 15 is 0 Å². The monoisotopic (exact) mass is 308 g/mol. The van der Waals surface area contributed by atoms with Crippen LogP contribution >= 0.6 is 11.3 Å². The number of hydrogen-bond donors (Lipinski definition) is 2. The molecule has 2 amide bonds. The number of carbonyl (C=O) groups is 2. The fourth-order valence-electron chi connectivity index (χ4n) is 2.73. The standard InChI is InChI=1S/C15H20N2O3S/c18-10-15(5-6-15)9-16-14(20)12-3-4-13(19)17(12)8-11-2-1-7-21-11/h1-2,7,12,18H,3-6,8-10H2,(H,16,20). The number of carbonyl (C=O) groups excluding carboxylic acids is 2. The number of amides is 2. The average Bonchev–Trinajstić information content (AvgIpc) is 2.91. The summed E-state index contributed by atoms with van der Waals surface area (Å²) in [5, 5.41) is 14.2. The maximum absolute atomic E-state index is 12.3. The molecule has 1 aromatic rings. The number of aliphatic hydroxyl groups is 1. The summed E-state index contributed by atoms with van der Waals surface area (Å²) in [4.78, 5) is 27.1. The lowest BCUT2D eigenvalue weighted by atomic mass is 10.1. The molecule has 1 aromatic heterocycles. The van der Waals surface area contributed by atoms with Gasteiger partial charge in [0.25, 0.3) is 0 Å². The first-order chi connectivity index (χ1) is 10.1. The van der Waals surface area contributed by atoms with Crippen LogP contribution in [0.15, 0.2) is 17.5 Å². The van der Waals surface area contributed by atoms with E-state index in [0.29, 0.717) is 25.9 Å². The topological polar surface area (TPSA) is 69.6 Å². The zero-order valence-electron chi connectivity index (χ0n) is 11.9. The molecule has 0 radical (unpaired) electrons. The quantitative estimate of drug-likeness (QED) is 0.827. The van der Waals surface area contributed by atoms with Gasteiger partial charge in [0.05, 0.1) is 13.2 Å². The molecule has 1 saturated heterocycles. The predicted molar refractivity (Wildman–Crippen MR) is 79.7 cm³/mol. The van der Waals surface area contributed by atoms with Gasteiger partial charge in [0.2, 0.25) is 11.8 Å². The molecule has 3 rings (SSSR count). The Labute approximate surface area is 128 Å². The molecule has 0 spiro atoms. The Morgan fingerprint density at radius 1 is 1.52 bits per heavy atom. The van der Waals surface area contributed by atoms with Gasteiger partial charge in [-0.25, -0.2) is 0 Å². The van der Waals surface area contributed by atoms with E-state index in [0.717, 1.165) is 17.7 Å². The molecule has 6 heteroatoms. The number of rotatable bonds is 6. The van der Waals surface area contributed by atoms with Gasteiger partial charge >= 0.3 is 0 Å². The lowest BCUT2D eigenvalue weighted by molar-refractivity contribution is -0.135. The second-order valence-electron chi connectivity index (χ2n) is 6.03. The third kappa shape index (κ3) is 3.11. The summed E-state index contributed by atoms with van der Waals surface area (Å²) < 4.78 is 0. The van der Waals surface area contributed by atoms with E-state index in [2.05, 4.69) is 5.32 Å². The van der Waals surface area contributed by atoms with Crippen LogP contribution in [-0.4, -0.2) is 41.0 Å². The van der Waals surface area contributed by atoms with Gasteiger partial charge in [-0.1, -0.05) is 6.07 Å². The SMILES string of the molecule is O=C(NCC1(CO)CC1)C1CCC(=O)N1Cc1cccs1. The number of nitrogens with zero attached hydrogens (tertiary/aromatic N) is 1. The molecule has 2 heterocycles. The Kier molecular flexibility index (Phi) is 3.99. The van der Waals surface area contributed by atoms with E-state index in [9.17, 15) is 14.7 Å². The molecule has 0 bridgehead atoms. The highest BCUT2D eigenvalue weighted by molar-refractivity contribution is 7.09. The van der Waals surface area contributed by atoms with Crippen molar-refractivity contribution in [3.05, 3.63) is 22.4 Å². The van der Waals surface area contributed by atoms with Crippen molar-refractivity contribution in [3.8, 4) is 0 Å². The van der Waals surface area contributed by atoms with Crippen molar-refractivity contribution in [2.45, 2.75) is 38.3 Å². The van der Waals surface area contributed by atoms with Crippen LogP contribution in [0.5, 0.6) is 0 Å². The number of likely N-dealkylation sites (tertiary alicyclic amines) is 1. The summed E-state index contributed by atoms with van der Waals surface area (Å²) in [5.74, 6) is -0.0380. The van der Waals surface area contributed by atoms with Crippen molar-refractivity contribution in [1.29, 1.82) is 0 Å². The smallest absolute Gasteiger partial charge is 0.242 e. The third-order valence-electron chi connectivity index (χ3n) is 4.47. The fourth-order valence-corrected chi connectivity index (χ4v) is 3.44. The van der Waals surface area contributed by atoms with Crippen LogP contribution in [0.4, 0.5) is 0 Å². The van der Waals surface area contributed by atoms with Crippen LogP contribution in [-0.2, 0) is 16.1 Å². The molecule has 1 aliphatic carbocycles. The van der Waals surface area contributed by atoms with Crippen molar-refractivity contribution < 1.29 is 14.7 Å². The summed E-state index contributed by atoms with van der Waals surface area (Å²) in [6, 6.07) is 3.57. The van der Waals surface area contributed by atoms with Gasteiger partial charge < -0.3 is 15.3 Å². The lowest BCUT2D eigenvalue weighted by Crippen LogP contribution is -2.46. The molecular weight excluding hydrogens is 288 g/mol. The molecule has 1 unspecified atom stereocenters. The molecule has 1 saturated carbocycles. The Bertz CT molecular complexity index is 525. The van der Waals surface area contributed by atoms with Gasteiger partial charge in [0.1, 0.15) is 6.04 Å². The zero-order chi connectivity index (χ0) is 14.9. The van der Waals surface area contributed by atoms with E-state index in [1.807, 2.05) is 17.5 Å². The summed E-state index contributed by atoms with van der Waals surface area (Å²) in [6.45, 7) is 1.15. The van der Waals surface area contributed by atoms with Crippen LogP contribution in [0, 0.1) is 5.41 Å². The molecule has 1 atom stereocenters. The minimum atomic E-state index is -0.367. The van der Waals surface area contributed by atoms with Gasteiger partial charge in [-0.3, -0.25) is 9.59 Å². The Hall–Kier alpha value is -1.40. The van der Waals surface area contributed by atoms with E-state index < -0.39 is 0 Å². The van der Waals surface area contributed by atoms with Crippen molar-refractivity contribution in [2.24, 2.45) is 5.41 Å². The van der Waals surface area contributed by atoms with Gasteiger partial charge in [-0.2, -0.15) is 0 Å². The van der Waals surface area contributed by atoms with Crippen LogP contribution < -0.4 is 5.32 Å². The van der Waals surface area contributed by atoms with E-state index in [1.54, 1.807) is 16.2 Å². The molecule has 2 aliphatic rings. The Morgan fingerprint density at radius 2 is 2.33 bits per heavy atom. The molecule has 114 valence electrons. The van der Waals surface area contributed by atoms with Crippen LogP contribution in [0.1, 0.15) is 30.6 Å². The van der Waals surface area contributed by atoms with Crippen LogP contribution in [0.2, 0.25) is 0 Å². The number of thiophene rings is 1. The van der Waals surface area contributed by atoms with Gasteiger partial charge in [-0.05, 0) is 30.7 Å². The van der Waals surface area contributed by atoms with Gasteiger partial charge in [-0.15, -0.1) is 11.3 Å². The minimum absolute atomic E-state index is 0.0480. The largest absolute Gasteiger partial charge is 0.396 e. The maximum atomic E-state index is 12.3. The van der Waals surface area contributed by atoms with E-state index in [4.69, 9.17) is 0 Å². The first-order valence-electron chi connectivity index (χ1n) is 7.34. The van der Waals surface area contributed by atoms with Crippen molar-refractivity contribution in [2.75, 3.05) is 13.2 Å². The summed E-state index contributed by atoms with van der Waals surface area (Å²) in [6.07, 6.45) is 2.95. The molecule has 21 heavy (non-hydrogen) atoms. The van der Waals surface area contributed by atoms with E-state index in [-0.39, 0.29) is 29.9 Å². The fraction of sp³-hybridized carbons (Fsp3) is 0.600.